The number of nitrogens with zero attached hydrogens (tertiary/aromatic N) is 3. The lowest BCUT2D eigenvalue weighted by Gasteiger charge is -2.26. The van der Waals surface area contributed by atoms with Crippen molar-refractivity contribution in [1.29, 1.82) is 0 Å². The predicted molar refractivity (Wildman–Crippen MR) is 175 cm³/mol. The van der Waals surface area contributed by atoms with E-state index in [2.05, 4.69) is 33.5 Å². The van der Waals surface area contributed by atoms with Gasteiger partial charge in [0.1, 0.15) is 11.3 Å². The molecule has 0 unspecified atom stereocenters. The minimum Gasteiger partial charge on any atom is -0.493 e. The molecule has 0 spiro atoms. The Morgan fingerprint density at radius 1 is 0.978 bits per heavy atom. The van der Waals surface area contributed by atoms with Gasteiger partial charge in [0.25, 0.3) is 5.91 Å². The smallest absolute Gasteiger partial charge is 0.407 e. The fourth-order valence-electron chi connectivity index (χ4n) is 5.91. The van der Waals surface area contributed by atoms with Crippen LogP contribution in [0.1, 0.15) is 63.5 Å². The van der Waals surface area contributed by atoms with Crippen molar-refractivity contribution >= 4 is 29.2 Å². The minimum atomic E-state index is -0.597. The van der Waals surface area contributed by atoms with Gasteiger partial charge in [0.15, 0.2) is 11.5 Å². The number of hydrogen-bond donors (Lipinski definition) is 1. The number of rotatable bonds is 8. The number of alkyl carbamates (subject to hydrolysis) is 1. The summed E-state index contributed by atoms with van der Waals surface area (Å²) >= 11 is 1.65. The highest BCUT2D eigenvalue weighted by Gasteiger charge is 2.31. The number of nitrogens with one attached hydrogen (secondary N) is 1. The number of benzene rings is 1. The molecule has 11 heteroatoms. The van der Waals surface area contributed by atoms with Crippen molar-refractivity contribution in [2.45, 2.75) is 72.1 Å². The van der Waals surface area contributed by atoms with E-state index in [1.165, 1.54) is 0 Å². The molecule has 0 aliphatic carbocycles. The number of fused-ring (bicyclic) bond motifs is 3. The number of hydrogen-bond acceptors (Lipinski definition) is 7. The van der Waals surface area contributed by atoms with Crippen LogP contribution in [0.3, 0.4) is 0 Å². The maximum absolute atomic E-state index is 14.2. The van der Waals surface area contributed by atoms with Crippen molar-refractivity contribution < 1.29 is 28.6 Å². The number of aryl methyl sites for hydroxylation is 1. The number of carbonyl (C=O) groups excluding carboxylic acids is 3. The van der Waals surface area contributed by atoms with Crippen LogP contribution in [0.25, 0.3) is 21.7 Å². The Bertz CT molecular complexity index is 1540. The molecule has 2 aliphatic rings. The van der Waals surface area contributed by atoms with Crippen molar-refractivity contribution in [2.24, 2.45) is 0 Å². The summed E-state index contributed by atoms with van der Waals surface area (Å²) in [5.41, 5.74) is 4.31. The van der Waals surface area contributed by atoms with Gasteiger partial charge in [-0.1, -0.05) is 6.07 Å². The standard InChI is InChI=1S/C34H44N4O6S/c1-22(2)43-28-21-24-23(19-27(28)42-6)11-15-38-26(20-25(31(24)38)29-9-7-18-45-29)32(40)37-14-8-13-36(16-17-37)30(39)10-12-35-33(41)44-34(3,4)5/h7,9,18-22H,8,10-17H2,1-6H3,(H,35,41). The predicted octanol–water partition coefficient (Wildman–Crippen LogP) is 5.82. The lowest BCUT2D eigenvalue weighted by molar-refractivity contribution is -0.130. The zero-order chi connectivity index (χ0) is 32.3. The molecule has 1 fully saturated rings. The molecule has 0 atom stereocenters. The Morgan fingerprint density at radius 3 is 2.42 bits per heavy atom. The minimum absolute atomic E-state index is 0.0167. The first-order chi connectivity index (χ1) is 21.4. The van der Waals surface area contributed by atoms with Crippen molar-refractivity contribution in [3.05, 3.63) is 47.0 Å². The zero-order valence-corrected chi connectivity index (χ0v) is 27.9. The van der Waals surface area contributed by atoms with Gasteiger partial charge in [-0.25, -0.2) is 4.79 Å². The van der Waals surface area contributed by atoms with Gasteiger partial charge in [-0.2, -0.15) is 0 Å². The topological polar surface area (TPSA) is 102 Å². The lowest BCUT2D eigenvalue weighted by atomic mass is 9.95. The molecule has 0 radical (unpaired) electrons. The van der Waals surface area contributed by atoms with Gasteiger partial charge in [-0.15, -0.1) is 11.3 Å². The number of amides is 3. The van der Waals surface area contributed by atoms with Gasteiger partial charge in [-0.3, -0.25) is 9.59 Å². The van der Waals surface area contributed by atoms with Gasteiger partial charge in [-0.05, 0) is 82.7 Å². The molecule has 45 heavy (non-hydrogen) atoms. The van der Waals surface area contributed by atoms with E-state index in [1.807, 2.05) is 30.9 Å². The number of carbonyl (C=O) groups is 3. The Morgan fingerprint density at radius 2 is 1.73 bits per heavy atom. The third-order valence-corrected chi connectivity index (χ3v) is 8.76. The number of aromatic nitrogens is 1. The summed E-state index contributed by atoms with van der Waals surface area (Å²) < 4.78 is 19.2. The first-order valence-electron chi connectivity index (χ1n) is 15.6. The van der Waals surface area contributed by atoms with Crippen LogP contribution in [0.2, 0.25) is 0 Å². The maximum atomic E-state index is 14.2. The largest absolute Gasteiger partial charge is 0.493 e. The summed E-state index contributed by atoms with van der Waals surface area (Å²) in [5.74, 6) is 1.31. The summed E-state index contributed by atoms with van der Waals surface area (Å²) in [6, 6.07) is 10.3. The fraction of sp³-hybridized carbons (Fsp3) is 0.500. The molecule has 0 bridgehead atoms. The molecule has 1 saturated heterocycles. The highest BCUT2D eigenvalue weighted by Crippen LogP contribution is 2.45. The second-order valence-electron chi connectivity index (χ2n) is 12.7. The van der Waals surface area contributed by atoms with E-state index in [-0.39, 0.29) is 30.9 Å². The van der Waals surface area contributed by atoms with Gasteiger partial charge in [0.2, 0.25) is 5.91 Å². The number of thiophene rings is 1. The molecule has 5 rings (SSSR count). The maximum Gasteiger partial charge on any atom is 0.407 e. The van der Waals surface area contributed by atoms with Crippen LogP contribution in [0, 0.1) is 0 Å². The Balaban J connectivity index is 1.35. The van der Waals surface area contributed by atoms with Crippen LogP contribution in [-0.4, -0.2) is 83.8 Å². The van der Waals surface area contributed by atoms with E-state index in [0.29, 0.717) is 56.3 Å². The summed E-state index contributed by atoms with van der Waals surface area (Å²) in [5, 5.41) is 4.70. The van der Waals surface area contributed by atoms with E-state index in [9.17, 15) is 14.4 Å². The van der Waals surface area contributed by atoms with E-state index in [4.69, 9.17) is 14.2 Å². The van der Waals surface area contributed by atoms with E-state index in [0.717, 1.165) is 33.7 Å². The monoisotopic (exact) mass is 636 g/mol. The molecule has 3 amide bonds. The second kappa shape index (κ2) is 13.6. The molecule has 1 N–H and O–H groups in total. The highest BCUT2D eigenvalue weighted by molar-refractivity contribution is 7.13. The molecule has 242 valence electrons. The summed E-state index contributed by atoms with van der Waals surface area (Å²) in [6.07, 6.45) is 1.07. The van der Waals surface area contributed by atoms with Crippen LogP contribution in [0.5, 0.6) is 11.5 Å². The lowest BCUT2D eigenvalue weighted by Crippen LogP contribution is -2.39. The third-order valence-electron chi connectivity index (χ3n) is 7.86. The molecular formula is C34H44N4O6S. The number of ether oxygens (including phenoxy) is 3. The van der Waals surface area contributed by atoms with Crippen molar-refractivity contribution in [2.75, 3.05) is 39.8 Å². The second-order valence-corrected chi connectivity index (χ2v) is 13.7. The third kappa shape index (κ3) is 7.46. The molecule has 4 heterocycles. The normalized spacial score (nSPS) is 14.8. The van der Waals surface area contributed by atoms with Gasteiger partial charge < -0.3 is 33.9 Å². The van der Waals surface area contributed by atoms with E-state index >= 15 is 0 Å². The molecule has 2 aliphatic heterocycles. The first kappa shape index (κ1) is 32.4. The quantitative estimate of drug-likeness (QED) is 0.334. The Hall–Kier alpha value is -3.99. The number of methoxy groups -OCH3 is 1. The summed E-state index contributed by atoms with van der Waals surface area (Å²) in [7, 11) is 1.66. The van der Waals surface area contributed by atoms with E-state index < -0.39 is 11.7 Å². The Labute approximate surface area is 269 Å². The van der Waals surface area contributed by atoms with Gasteiger partial charge in [0.05, 0.1) is 18.9 Å². The fourth-order valence-corrected chi connectivity index (χ4v) is 6.65. The van der Waals surface area contributed by atoms with Crippen LogP contribution in [0.4, 0.5) is 4.79 Å². The van der Waals surface area contributed by atoms with E-state index in [1.54, 1.807) is 44.1 Å². The highest BCUT2D eigenvalue weighted by atomic mass is 32.1. The van der Waals surface area contributed by atoms with Gasteiger partial charge in [0, 0.05) is 61.7 Å². The molecule has 0 saturated carbocycles. The van der Waals surface area contributed by atoms with Crippen LogP contribution in [-0.2, 0) is 22.5 Å². The molecule has 3 aromatic rings. The average molecular weight is 637 g/mol. The first-order valence-corrected chi connectivity index (χ1v) is 16.5. The van der Waals surface area contributed by atoms with Crippen LogP contribution < -0.4 is 14.8 Å². The van der Waals surface area contributed by atoms with Crippen molar-refractivity contribution in [3.8, 4) is 33.2 Å². The van der Waals surface area contributed by atoms with Crippen LogP contribution in [0.15, 0.2) is 35.7 Å². The SMILES string of the molecule is COc1cc2c(cc1OC(C)C)-c1c(-c3cccs3)cc(C(=O)N3CCCN(C(=O)CCNC(=O)OC(C)(C)C)CC3)n1CC2. The average Bonchev–Trinajstić information content (AvgIpc) is 3.57. The van der Waals surface area contributed by atoms with Crippen molar-refractivity contribution in [3.63, 3.8) is 0 Å². The Kier molecular flexibility index (Phi) is 9.76. The molecule has 2 aromatic heterocycles. The molecule has 1 aromatic carbocycles. The molecule has 10 nitrogen and oxygen atoms in total. The van der Waals surface area contributed by atoms with Crippen LogP contribution >= 0.6 is 11.3 Å². The zero-order valence-electron chi connectivity index (χ0n) is 27.1. The van der Waals surface area contributed by atoms with Crippen molar-refractivity contribution in [1.82, 2.24) is 19.7 Å². The molecular weight excluding hydrogens is 592 g/mol. The summed E-state index contributed by atoms with van der Waals surface area (Å²) in [4.78, 5) is 43.8. The summed E-state index contributed by atoms with van der Waals surface area (Å²) in [6.45, 7) is 12.3. The van der Waals surface area contributed by atoms with Gasteiger partial charge >= 0.3 is 6.09 Å².